The minimum atomic E-state index is -0.416. The highest BCUT2D eigenvalue weighted by Gasteiger charge is 2.17. The van der Waals surface area contributed by atoms with Crippen molar-refractivity contribution >= 4 is 0 Å². The van der Waals surface area contributed by atoms with Gasteiger partial charge in [-0.1, -0.05) is 0 Å². The van der Waals surface area contributed by atoms with Gasteiger partial charge in [-0.3, -0.25) is 15.8 Å². The molecule has 0 aliphatic rings. The highest BCUT2D eigenvalue weighted by molar-refractivity contribution is 5.38. The van der Waals surface area contributed by atoms with Crippen LogP contribution in [0.4, 0.5) is 4.39 Å². The minimum Gasteiger partial charge on any atom is -0.495 e. The summed E-state index contributed by atoms with van der Waals surface area (Å²) in [5, 5.41) is 0. The van der Waals surface area contributed by atoms with E-state index in [1.807, 2.05) is 0 Å². The van der Waals surface area contributed by atoms with Crippen LogP contribution in [0, 0.1) is 5.82 Å². The molecule has 0 radical (unpaired) electrons. The maximum atomic E-state index is 13.2. The van der Waals surface area contributed by atoms with E-state index < -0.39 is 11.9 Å². The number of hydrogen-bond donors (Lipinski definition) is 2. The summed E-state index contributed by atoms with van der Waals surface area (Å²) in [4.78, 5) is 7.77. The molecule has 94 valence electrons. The molecule has 18 heavy (non-hydrogen) atoms. The summed E-state index contributed by atoms with van der Waals surface area (Å²) in [5.74, 6) is 5.69. The Morgan fingerprint density at radius 1 is 1.33 bits per heavy atom. The van der Waals surface area contributed by atoms with Crippen molar-refractivity contribution in [2.24, 2.45) is 5.84 Å². The number of hydrogen-bond acceptors (Lipinski definition) is 5. The van der Waals surface area contributed by atoms with Gasteiger partial charge in [0.15, 0.2) is 0 Å². The van der Waals surface area contributed by atoms with Crippen molar-refractivity contribution in [1.29, 1.82) is 0 Å². The Morgan fingerprint density at radius 2 is 2.17 bits per heavy atom. The second-order valence-electron chi connectivity index (χ2n) is 3.65. The van der Waals surface area contributed by atoms with Crippen LogP contribution < -0.4 is 16.0 Å². The molecule has 0 amide bonds. The molecule has 6 heteroatoms. The van der Waals surface area contributed by atoms with Gasteiger partial charge in [-0.25, -0.2) is 9.82 Å². The van der Waals surface area contributed by atoms with Crippen LogP contribution in [-0.4, -0.2) is 17.1 Å². The van der Waals surface area contributed by atoms with Crippen LogP contribution in [-0.2, 0) is 0 Å². The molecule has 1 unspecified atom stereocenters. The summed E-state index contributed by atoms with van der Waals surface area (Å²) in [6.07, 6.45) is 5.88. The molecule has 0 aromatic carbocycles. The summed E-state index contributed by atoms with van der Waals surface area (Å²) < 4.78 is 18.4. The topological polar surface area (TPSA) is 73.1 Å². The molecule has 0 aliphatic carbocycles. The molecule has 0 saturated carbocycles. The predicted molar refractivity (Wildman–Crippen MR) is 64.2 cm³/mol. The molecule has 2 heterocycles. The summed E-state index contributed by atoms with van der Waals surface area (Å²) in [5.41, 5.74) is 4.00. The van der Waals surface area contributed by atoms with Crippen LogP contribution in [0.3, 0.4) is 0 Å². The van der Waals surface area contributed by atoms with E-state index in [-0.39, 0.29) is 0 Å². The van der Waals surface area contributed by atoms with Gasteiger partial charge in [0.2, 0.25) is 0 Å². The van der Waals surface area contributed by atoms with Crippen molar-refractivity contribution in [1.82, 2.24) is 15.4 Å². The van der Waals surface area contributed by atoms with Crippen molar-refractivity contribution in [2.75, 3.05) is 7.11 Å². The van der Waals surface area contributed by atoms with Gasteiger partial charge in [0.25, 0.3) is 0 Å². The zero-order valence-electron chi connectivity index (χ0n) is 9.80. The van der Waals surface area contributed by atoms with Gasteiger partial charge in [-0.05, 0) is 17.7 Å². The van der Waals surface area contributed by atoms with Crippen LogP contribution in [0.2, 0.25) is 0 Å². The Bertz CT molecular complexity index is 535. The van der Waals surface area contributed by atoms with E-state index in [1.165, 1.54) is 13.2 Å². The lowest BCUT2D eigenvalue weighted by Crippen LogP contribution is -2.29. The van der Waals surface area contributed by atoms with E-state index >= 15 is 0 Å². The van der Waals surface area contributed by atoms with E-state index in [0.29, 0.717) is 11.3 Å². The first-order chi connectivity index (χ1) is 8.76. The standard InChI is InChI=1S/C12H13FN4O/c1-18-11-7-15-3-2-10(11)12(17-14)8-4-9(13)6-16-5-8/h2-7,12,17H,14H2,1H3. The fraction of sp³-hybridized carbons (Fsp3) is 0.167. The molecule has 2 rings (SSSR count). The Kier molecular flexibility index (Phi) is 3.81. The van der Waals surface area contributed by atoms with Gasteiger partial charge >= 0.3 is 0 Å². The first kappa shape index (κ1) is 12.4. The molecule has 3 N–H and O–H groups in total. The fourth-order valence-corrected chi connectivity index (χ4v) is 1.75. The van der Waals surface area contributed by atoms with Gasteiger partial charge in [-0.15, -0.1) is 0 Å². The van der Waals surface area contributed by atoms with Gasteiger partial charge in [0.1, 0.15) is 11.6 Å². The second-order valence-corrected chi connectivity index (χ2v) is 3.65. The third-order valence-electron chi connectivity index (χ3n) is 2.57. The van der Waals surface area contributed by atoms with Crippen LogP contribution in [0.15, 0.2) is 36.9 Å². The number of nitrogens with zero attached hydrogens (tertiary/aromatic N) is 2. The zero-order chi connectivity index (χ0) is 13.0. The zero-order valence-corrected chi connectivity index (χ0v) is 9.80. The Labute approximate surface area is 104 Å². The molecular weight excluding hydrogens is 235 g/mol. The molecular formula is C12H13FN4O. The highest BCUT2D eigenvalue weighted by atomic mass is 19.1. The van der Waals surface area contributed by atoms with E-state index in [1.54, 1.807) is 24.7 Å². The lowest BCUT2D eigenvalue weighted by atomic mass is 10.0. The number of pyridine rings is 2. The van der Waals surface area contributed by atoms with E-state index in [4.69, 9.17) is 10.6 Å². The van der Waals surface area contributed by atoms with Crippen molar-refractivity contribution in [3.63, 3.8) is 0 Å². The first-order valence-electron chi connectivity index (χ1n) is 5.30. The predicted octanol–water partition coefficient (Wildman–Crippen LogP) is 1.18. The summed E-state index contributed by atoms with van der Waals surface area (Å²) in [6.45, 7) is 0. The third kappa shape index (κ3) is 2.44. The van der Waals surface area contributed by atoms with Gasteiger partial charge in [0, 0.05) is 18.0 Å². The van der Waals surface area contributed by atoms with Gasteiger partial charge in [0.05, 0.1) is 25.5 Å². The first-order valence-corrected chi connectivity index (χ1v) is 5.30. The van der Waals surface area contributed by atoms with E-state index in [2.05, 4.69) is 15.4 Å². The highest BCUT2D eigenvalue weighted by Crippen LogP contribution is 2.28. The van der Waals surface area contributed by atoms with E-state index in [0.717, 1.165) is 11.8 Å². The van der Waals surface area contributed by atoms with E-state index in [9.17, 15) is 4.39 Å². The Balaban J connectivity index is 2.45. The van der Waals surface area contributed by atoms with Crippen LogP contribution >= 0.6 is 0 Å². The van der Waals surface area contributed by atoms with Gasteiger partial charge in [-0.2, -0.15) is 0 Å². The number of nitrogens with two attached hydrogens (primary N) is 1. The maximum Gasteiger partial charge on any atom is 0.142 e. The van der Waals surface area contributed by atoms with Crippen LogP contribution in [0.25, 0.3) is 0 Å². The number of hydrazine groups is 1. The lowest BCUT2D eigenvalue weighted by molar-refractivity contribution is 0.402. The number of aromatic nitrogens is 2. The van der Waals surface area contributed by atoms with Crippen molar-refractivity contribution in [3.05, 3.63) is 53.9 Å². The Morgan fingerprint density at radius 3 is 2.83 bits per heavy atom. The molecule has 0 spiro atoms. The average molecular weight is 248 g/mol. The number of rotatable bonds is 4. The quantitative estimate of drug-likeness (QED) is 0.628. The third-order valence-corrected chi connectivity index (χ3v) is 2.57. The molecule has 2 aromatic rings. The Hall–Kier alpha value is -2.05. The largest absolute Gasteiger partial charge is 0.495 e. The van der Waals surface area contributed by atoms with Gasteiger partial charge < -0.3 is 4.74 Å². The minimum absolute atomic E-state index is 0.411. The fourth-order valence-electron chi connectivity index (χ4n) is 1.75. The van der Waals surface area contributed by atoms with Crippen molar-refractivity contribution in [3.8, 4) is 5.75 Å². The molecule has 5 nitrogen and oxygen atoms in total. The SMILES string of the molecule is COc1cnccc1C(NN)c1cncc(F)c1. The summed E-state index contributed by atoms with van der Waals surface area (Å²) in [6, 6.07) is 2.72. The van der Waals surface area contributed by atoms with Crippen molar-refractivity contribution in [2.45, 2.75) is 6.04 Å². The van der Waals surface area contributed by atoms with Crippen LogP contribution in [0.1, 0.15) is 17.2 Å². The molecule has 2 aromatic heterocycles. The summed E-state index contributed by atoms with van der Waals surface area (Å²) in [7, 11) is 1.54. The number of methoxy groups -OCH3 is 1. The second kappa shape index (κ2) is 5.52. The molecule has 0 bridgehead atoms. The monoisotopic (exact) mass is 248 g/mol. The number of nitrogens with one attached hydrogen (secondary N) is 1. The van der Waals surface area contributed by atoms with Crippen molar-refractivity contribution < 1.29 is 9.13 Å². The smallest absolute Gasteiger partial charge is 0.142 e. The number of halogens is 1. The molecule has 0 saturated heterocycles. The van der Waals surface area contributed by atoms with Crippen LogP contribution in [0.5, 0.6) is 5.75 Å². The molecule has 0 aliphatic heterocycles. The normalized spacial score (nSPS) is 12.2. The number of ether oxygens (including phenoxy) is 1. The molecule has 0 fully saturated rings. The average Bonchev–Trinajstić information content (AvgIpc) is 2.40. The maximum absolute atomic E-state index is 13.2. The lowest BCUT2D eigenvalue weighted by Gasteiger charge is -2.18. The summed E-state index contributed by atoms with van der Waals surface area (Å²) >= 11 is 0. The molecule has 1 atom stereocenters.